The number of carbonyl (C=O) groups is 1. The van der Waals surface area contributed by atoms with Crippen LogP contribution in [0.3, 0.4) is 0 Å². The normalized spacial score (nSPS) is 11.2. The van der Waals surface area contributed by atoms with Crippen molar-refractivity contribution in [1.82, 2.24) is 4.98 Å². The zero-order valence-electron chi connectivity index (χ0n) is 18.4. The Morgan fingerprint density at radius 2 is 1.70 bits per heavy atom. The van der Waals surface area contributed by atoms with E-state index in [1.54, 1.807) is 49.5 Å². The highest BCUT2D eigenvalue weighted by Crippen LogP contribution is 2.29. The third kappa shape index (κ3) is 5.30. The number of benzene rings is 3. The van der Waals surface area contributed by atoms with Crippen LogP contribution in [0.1, 0.15) is 21.5 Å². The van der Waals surface area contributed by atoms with Crippen LogP contribution in [0, 0.1) is 13.8 Å². The van der Waals surface area contributed by atoms with Crippen molar-refractivity contribution in [2.24, 2.45) is 0 Å². The van der Waals surface area contributed by atoms with Crippen LogP contribution in [0.15, 0.2) is 77.3 Å². The summed E-state index contributed by atoms with van der Waals surface area (Å²) in [5.41, 5.74) is 4.57. The molecular weight excluding hydrogens is 438 g/mol. The van der Waals surface area contributed by atoms with Gasteiger partial charge in [0.05, 0.1) is 23.7 Å². The van der Waals surface area contributed by atoms with Crippen LogP contribution in [0.4, 0.5) is 11.4 Å². The number of oxazole rings is 1. The molecule has 4 rings (SSSR count). The fraction of sp³-hybridized carbons (Fsp3) is 0.120. The summed E-state index contributed by atoms with van der Waals surface area (Å²) in [6.45, 7) is 3.79. The molecule has 2 N–H and O–H groups in total. The van der Waals surface area contributed by atoms with Crippen LogP contribution in [0.5, 0.6) is 0 Å². The number of hydrogen-bond donors (Lipinski definition) is 2. The van der Waals surface area contributed by atoms with E-state index in [1.807, 2.05) is 37.3 Å². The van der Waals surface area contributed by atoms with E-state index in [9.17, 15) is 13.2 Å². The van der Waals surface area contributed by atoms with Crippen molar-refractivity contribution in [2.75, 3.05) is 16.3 Å². The number of aryl methyl sites for hydroxylation is 2. The zero-order chi connectivity index (χ0) is 23.6. The second-order valence-corrected chi connectivity index (χ2v) is 9.55. The summed E-state index contributed by atoms with van der Waals surface area (Å²) in [5.74, 6) is 0.574. The summed E-state index contributed by atoms with van der Waals surface area (Å²) in [6, 6.07) is 19.9. The first-order chi connectivity index (χ1) is 15.7. The molecule has 0 saturated carbocycles. The first kappa shape index (κ1) is 22.3. The number of amides is 1. The van der Waals surface area contributed by atoms with Crippen molar-refractivity contribution >= 4 is 27.3 Å². The molecule has 0 spiro atoms. The molecule has 0 fully saturated rings. The minimum absolute atomic E-state index is 0.333. The van der Waals surface area contributed by atoms with Gasteiger partial charge in [0.15, 0.2) is 5.76 Å². The molecule has 168 valence electrons. The number of anilines is 2. The molecule has 8 heteroatoms. The quantitative estimate of drug-likeness (QED) is 0.408. The minimum Gasteiger partial charge on any atom is -0.436 e. The third-order valence-electron chi connectivity index (χ3n) is 5.03. The Bertz CT molecular complexity index is 1420. The molecule has 0 aliphatic carbocycles. The van der Waals surface area contributed by atoms with Gasteiger partial charge >= 0.3 is 0 Å². The molecular formula is C25H23N3O4S. The van der Waals surface area contributed by atoms with Crippen LogP contribution in [0.2, 0.25) is 0 Å². The van der Waals surface area contributed by atoms with Crippen molar-refractivity contribution in [1.29, 1.82) is 0 Å². The van der Waals surface area contributed by atoms with Crippen LogP contribution in [0.25, 0.3) is 22.8 Å². The van der Waals surface area contributed by atoms with Gasteiger partial charge in [-0.25, -0.2) is 13.4 Å². The van der Waals surface area contributed by atoms with Gasteiger partial charge in [0, 0.05) is 16.8 Å². The Kier molecular flexibility index (Phi) is 6.02. The van der Waals surface area contributed by atoms with E-state index >= 15 is 0 Å². The molecule has 0 unspecified atom stereocenters. The summed E-state index contributed by atoms with van der Waals surface area (Å²) in [5, 5.41) is 2.82. The maximum Gasteiger partial charge on any atom is 0.256 e. The van der Waals surface area contributed by atoms with E-state index in [4.69, 9.17) is 4.42 Å². The van der Waals surface area contributed by atoms with Gasteiger partial charge in [-0.1, -0.05) is 48.0 Å². The second-order valence-electron chi connectivity index (χ2n) is 7.80. The molecule has 0 aliphatic rings. The lowest BCUT2D eigenvalue weighted by Crippen LogP contribution is -2.14. The van der Waals surface area contributed by atoms with E-state index in [-0.39, 0.29) is 5.91 Å². The van der Waals surface area contributed by atoms with Crippen molar-refractivity contribution < 1.29 is 17.6 Å². The van der Waals surface area contributed by atoms with E-state index in [2.05, 4.69) is 15.0 Å². The van der Waals surface area contributed by atoms with E-state index in [0.29, 0.717) is 34.2 Å². The Balaban J connectivity index is 1.61. The first-order valence-corrected chi connectivity index (χ1v) is 12.1. The zero-order valence-corrected chi connectivity index (χ0v) is 19.2. The van der Waals surface area contributed by atoms with Gasteiger partial charge in [-0.05, 0) is 43.7 Å². The number of nitrogens with one attached hydrogen (secondary N) is 2. The average molecular weight is 462 g/mol. The van der Waals surface area contributed by atoms with Crippen LogP contribution >= 0.6 is 0 Å². The predicted octanol–water partition coefficient (Wildman–Crippen LogP) is 5.25. The van der Waals surface area contributed by atoms with Gasteiger partial charge in [-0.2, -0.15) is 0 Å². The summed E-state index contributed by atoms with van der Waals surface area (Å²) in [6.07, 6.45) is 2.72. The van der Waals surface area contributed by atoms with Crippen LogP contribution in [-0.4, -0.2) is 25.6 Å². The number of aromatic nitrogens is 1. The molecule has 1 aromatic heterocycles. The highest BCUT2D eigenvalue weighted by Gasteiger charge is 2.18. The number of carbonyl (C=O) groups excluding carboxylic acids is 1. The van der Waals surface area contributed by atoms with E-state index < -0.39 is 10.0 Å². The summed E-state index contributed by atoms with van der Waals surface area (Å²) < 4.78 is 31.6. The lowest BCUT2D eigenvalue weighted by atomic mass is 10.1. The van der Waals surface area contributed by atoms with Crippen molar-refractivity contribution in [3.8, 4) is 22.8 Å². The number of rotatable bonds is 6. The predicted molar refractivity (Wildman–Crippen MR) is 130 cm³/mol. The summed E-state index contributed by atoms with van der Waals surface area (Å²) >= 11 is 0. The van der Waals surface area contributed by atoms with Crippen LogP contribution < -0.4 is 10.0 Å². The topological polar surface area (TPSA) is 101 Å². The first-order valence-electron chi connectivity index (χ1n) is 10.2. The smallest absolute Gasteiger partial charge is 0.256 e. The number of sulfonamides is 1. The van der Waals surface area contributed by atoms with E-state index in [1.165, 1.54) is 0 Å². The van der Waals surface area contributed by atoms with Crippen LogP contribution in [-0.2, 0) is 10.0 Å². The largest absolute Gasteiger partial charge is 0.436 e. The maximum atomic E-state index is 13.1. The van der Waals surface area contributed by atoms with E-state index in [0.717, 1.165) is 22.9 Å². The van der Waals surface area contributed by atoms with Gasteiger partial charge in [0.1, 0.15) is 0 Å². The molecule has 7 nitrogen and oxygen atoms in total. The monoisotopic (exact) mass is 461 g/mol. The lowest BCUT2D eigenvalue weighted by Gasteiger charge is -2.12. The highest BCUT2D eigenvalue weighted by atomic mass is 32.2. The Morgan fingerprint density at radius 1 is 0.970 bits per heavy atom. The van der Waals surface area contributed by atoms with Crippen molar-refractivity contribution in [3.05, 3.63) is 89.6 Å². The lowest BCUT2D eigenvalue weighted by molar-refractivity contribution is 0.102. The fourth-order valence-corrected chi connectivity index (χ4v) is 3.94. The second kappa shape index (κ2) is 8.91. The molecule has 3 aromatic carbocycles. The molecule has 0 bridgehead atoms. The summed E-state index contributed by atoms with van der Waals surface area (Å²) in [7, 11) is -3.45. The minimum atomic E-state index is -3.45. The molecule has 4 aromatic rings. The van der Waals surface area contributed by atoms with Gasteiger partial charge in [0.2, 0.25) is 15.9 Å². The van der Waals surface area contributed by atoms with Gasteiger partial charge in [-0.15, -0.1) is 0 Å². The van der Waals surface area contributed by atoms with Crippen molar-refractivity contribution in [2.45, 2.75) is 13.8 Å². The SMILES string of the molecule is Cc1ccc(-c2cnc(-c3ccccc3C(=O)Nc3ccc(C)c(NS(C)(=O)=O)c3)o2)cc1. The molecule has 0 aliphatic heterocycles. The van der Waals surface area contributed by atoms with Crippen molar-refractivity contribution in [3.63, 3.8) is 0 Å². The third-order valence-corrected chi connectivity index (χ3v) is 5.63. The molecule has 0 radical (unpaired) electrons. The maximum absolute atomic E-state index is 13.1. The Morgan fingerprint density at radius 3 is 2.42 bits per heavy atom. The highest BCUT2D eigenvalue weighted by molar-refractivity contribution is 7.92. The Hall–Kier alpha value is -3.91. The average Bonchev–Trinajstić information content (AvgIpc) is 3.26. The number of hydrogen-bond acceptors (Lipinski definition) is 5. The van der Waals surface area contributed by atoms with Gasteiger partial charge in [-0.3, -0.25) is 9.52 Å². The molecule has 33 heavy (non-hydrogen) atoms. The van der Waals surface area contributed by atoms with Gasteiger partial charge in [0.25, 0.3) is 5.91 Å². The number of nitrogens with zero attached hydrogens (tertiary/aromatic N) is 1. The summed E-state index contributed by atoms with van der Waals surface area (Å²) in [4.78, 5) is 17.5. The molecule has 1 amide bonds. The standard InChI is InChI=1S/C25H23N3O4S/c1-16-8-11-18(12-9-16)23-15-26-25(32-23)21-7-5-4-6-20(21)24(29)27-19-13-10-17(2)22(14-19)28-33(3,30)31/h4-15,28H,1-3H3,(H,27,29). The molecule has 0 saturated heterocycles. The molecule has 0 atom stereocenters. The molecule has 1 heterocycles. The fourth-order valence-electron chi connectivity index (χ4n) is 3.33. The van der Waals surface area contributed by atoms with Gasteiger partial charge < -0.3 is 9.73 Å². The Labute approximate surface area is 192 Å².